The van der Waals surface area contributed by atoms with E-state index in [9.17, 15) is 31.4 Å². The first kappa shape index (κ1) is 34.7. The van der Waals surface area contributed by atoms with E-state index < -0.39 is 23.8 Å². The van der Waals surface area contributed by atoms with Crippen molar-refractivity contribution in [2.24, 2.45) is 10.2 Å². The Kier molecular flexibility index (Phi) is 9.46. The predicted octanol–water partition coefficient (Wildman–Crippen LogP) is 8.76. The fourth-order valence-electron chi connectivity index (χ4n) is 5.47. The number of benzene rings is 4. The van der Waals surface area contributed by atoms with Crippen molar-refractivity contribution in [1.29, 1.82) is 0 Å². The van der Waals surface area contributed by atoms with Crippen LogP contribution in [0, 0.1) is 0 Å². The van der Waals surface area contributed by atoms with Gasteiger partial charge in [0.25, 0.3) is 0 Å². The Labute approximate surface area is 286 Å². The average molecular weight is 711 g/mol. The largest absolute Gasteiger partial charge is 0.573 e. The van der Waals surface area contributed by atoms with Crippen molar-refractivity contribution < 1.29 is 36.2 Å². The molecule has 1 aromatic heterocycles. The van der Waals surface area contributed by atoms with Crippen LogP contribution in [0.2, 0.25) is 0 Å². The number of halogens is 6. The number of amidine groups is 1. The maximum absolute atomic E-state index is 14.1. The van der Waals surface area contributed by atoms with Gasteiger partial charge in [0.05, 0.1) is 23.2 Å². The highest BCUT2D eigenvalue weighted by atomic mass is 32.2. The molecule has 1 fully saturated rings. The maximum atomic E-state index is 14.1. The van der Waals surface area contributed by atoms with Crippen molar-refractivity contribution >= 4 is 28.8 Å². The van der Waals surface area contributed by atoms with E-state index in [1.807, 2.05) is 26.0 Å². The smallest absolute Gasteiger partial charge is 0.406 e. The summed E-state index contributed by atoms with van der Waals surface area (Å²) >= 11 is 1.09. The lowest BCUT2D eigenvalue weighted by Crippen LogP contribution is -2.47. The summed E-state index contributed by atoms with van der Waals surface area (Å²) in [5, 5.41) is 25.3. The molecule has 1 aliphatic heterocycles. The molecule has 6 rings (SSSR count). The van der Waals surface area contributed by atoms with Gasteiger partial charge in [0.15, 0.2) is 16.7 Å². The van der Waals surface area contributed by atoms with Gasteiger partial charge in [-0.1, -0.05) is 86.3 Å². The Morgan fingerprint density at radius 1 is 0.900 bits per heavy atom. The minimum absolute atomic E-state index is 0.0125. The van der Waals surface area contributed by atoms with Crippen molar-refractivity contribution in [3.05, 3.63) is 126 Å². The number of anilines is 1. The number of hydrogen-bond acceptors (Lipinski definition) is 7. The minimum Gasteiger partial charge on any atom is -0.406 e. The molecule has 2 heterocycles. The molecule has 1 aliphatic rings. The molecule has 1 saturated heterocycles. The number of aliphatic hydroxyl groups is 1. The zero-order chi connectivity index (χ0) is 35.7. The third-order valence-electron chi connectivity index (χ3n) is 7.77. The third-order valence-corrected chi connectivity index (χ3v) is 8.84. The Morgan fingerprint density at radius 2 is 1.58 bits per heavy atom. The van der Waals surface area contributed by atoms with Gasteiger partial charge in [-0.05, 0) is 53.4 Å². The monoisotopic (exact) mass is 710 g/mol. The number of alkyl halides is 6. The third kappa shape index (κ3) is 7.38. The lowest BCUT2D eigenvalue weighted by Gasteiger charge is -2.37. The maximum Gasteiger partial charge on any atom is 0.573 e. The van der Waals surface area contributed by atoms with E-state index in [1.54, 1.807) is 36.4 Å². The molecule has 0 aliphatic carbocycles. The van der Waals surface area contributed by atoms with Crippen LogP contribution >= 0.6 is 11.8 Å². The van der Waals surface area contributed by atoms with Crippen LogP contribution in [0.4, 0.5) is 32.0 Å². The zero-order valence-corrected chi connectivity index (χ0v) is 27.2. The first-order chi connectivity index (χ1) is 23.7. The summed E-state index contributed by atoms with van der Waals surface area (Å²) in [7, 11) is 0. The highest BCUT2D eigenvalue weighted by molar-refractivity contribution is 8.14. The number of rotatable bonds is 8. The van der Waals surface area contributed by atoms with Crippen LogP contribution in [0.3, 0.4) is 0 Å². The second kappa shape index (κ2) is 13.6. The summed E-state index contributed by atoms with van der Waals surface area (Å²) in [4.78, 5) is 5.72. The van der Waals surface area contributed by atoms with Crippen molar-refractivity contribution in [1.82, 2.24) is 14.8 Å². The van der Waals surface area contributed by atoms with E-state index >= 15 is 0 Å². The highest BCUT2D eigenvalue weighted by Crippen LogP contribution is 2.48. The molecule has 0 radical (unpaired) electrons. The van der Waals surface area contributed by atoms with Crippen LogP contribution in [0.5, 0.6) is 5.75 Å². The van der Waals surface area contributed by atoms with Gasteiger partial charge in [0.2, 0.25) is 0 Å². The molecule has 1 N–H and O–H groups in total. The predicted molar refractivity (Wildman–Crippen MR) is 179 cm³/mol. The SMILES string of the molecule is CC(C)c1ccccc1N1/C(=N/N=C/c2ccc(-c3ncn(-c4ccc(OC(F)(F)F)cc4)n3)cc2)SCC1(O)c1ccccc1C(F)(F)F. The van der Waals surface area contributed by atoms with E-state index in [2.05, 4.69) is 25.0 Å². The molecule has 4 aromatic carbocycles. The minimum atomic E-state index is -4.79. The van der Waals surface area contributed by atoms with Gasteiger partial charge in [-0.3, -0.25) is 4.90 Å². The Morgan fingerprint density at radius 3 is 2.26 bits per heavy atom. The number of nitrogens with zero attached hydrogens (tertiary/aromatic N) is 6. The summed E-state index contributed by atoms with van der Waals surface area (Å²) in [5.74, 6) is -0.127. The molecule has 50 heavy (non-hydrogen) atoms. The Balaban J connectivity index is 1.25. The van der Waals surface area contributed by atoms with Gasteiger partial charge < -0.3 is 9.84 Å². The normalized spacial score (nSPS) is 17.7. The lowest BCUT2D eigenvalue weighted by molar-refractivity contribution is -0.274. The fourth-order valence-corrected chi connectivity index (χ4v) is 6.57. The van der Waals surface area contributed by atoms with Gasteiger partial charge in [-0.15, -0.1) is 23.4 Å². The zero-order valence-electron chi connectivity index (χ0n) is 26.4. The molecule has 8 nitrogen and oxygen atoms in total. The van der Waals surface area contributed by atoms with Crippen molar-refractivity contribution in [2.45, 2.75) is 38.0 Å². The second-order valence-corrected chi connectivity index (χ2v) is 12.4. The molecule has 5 aromatic rings. The van der Waals surface area contributed by atoms with Gasteiger partial charge in [0.1, 0.15) is 12.1 Å². The van der Waals surface area contributed by atoms with Gasteiger partial charge in [0, 0.05) is 16.8 Å². The molecule has 1 unspecified atom stereocenters. The van der Waals surface area contributed by atoms with Crippen molar-refractivity contribution in [2.75, 3.05) is 10.7 Å². The van der Waals surface area contributed by atoms with Gasteiger partial charge in [-0.2, -0.15) is 18.3 Å². The summed E-state index contributed by atoms with van der Waals surface area (Å²) in [5.41, 5.74) is -0.193. The number of hydrogen-bond donors (Lipinski definition) is 1. The number of thioether (sulfide) groups is 1. The van der Waals surface area contributed by atoms with Crippen molar-refractivity contribution in [3.63, 3.8) is 0 Å². The Bertz CT molecular complexity index is 2030. The summed E-state index contributed by atoms with van der Waals surface area (Å²) in [6.45, 7) is 3.91. The molecule has 0 bridgehead atoms. The standard InChI is InChI=1S/C35H28F6N6O2S/c1-22(2)27-7-3-6-10-30(27)47-32(50-20-33(47,48)28-8-4-5-9-29(28)34(36,37)38)44-43-19-23-11-13-24(14-12-23)31-42-21-46(45-31)25-15-17-26(18-16-25)49-35(39,40)41/h3-19,21-22,48H,20H2,1-2H3/b43-19+,44-32-. The van der Waals surface area contributed by atoms with E-state index in [-0.39, 0.29) is 28.2 Å². The van der Waals surface area contributed by atoms with E-state index in [1.165, 1.54) is 64.6 Å². The van der Waals surface area contributed by atoms with E-state index in [0.717, 1.165) is 23.4 Å². The van der Waals surface area contributed by atoms with Gasteiger partial charge in [-0.25, -0.2) is 9.67 Å². The first-order valence-electron chi connectivity index (χ1n) is 15.1. The molecule has 0 saturated carbocycles. The topological polar surface area (TPSA) is 88.1 Å². The molecular formula is C35H28F6N6O2S. The lowest BCUT2D eigenvalue weighted by atomic mass is 9.94. The molecule has 15 heteroatoms. The summed E-state index contributed by atoms with van der Waals surface area (Å²) < 4.78 is 85.1. The first-order valence-corrected chi connectivity index (χ1v) is 16.1. The van der Waals surface area contributed by atoms with Crippen LogP contribution in [0.15, 0.2) is 114 Å². The highest BCUT2D eigenvalue weighted by Gasteiger charge is 2.50. The van der Waals surface area contributed by atoms with Gasteiger partial charge >= 0.3 is 12.5 Å². The van der Waals surface area contributed by atoms with Crippen LogP contribution < -0.4 is 9.64 Å². The fraction of sp³-hybridized carbons (Fsp3) is 0.200. The van der Waals surface area contributed by atoms with E-state index in [0.29, 0.717) is 28.3 Å². The Hall–Kier alpha value is -5.15. The van der Waals surface area contributed by atoms with Crippen molar-refractivity contribution in [3.8, 4) is 22.8 Å². The van der Waals surface area contributed by atoms with Crippen LogP contribution in [-0.4, -0.2) is 43.4 Å². The molecule has 1 atom stereocenters. The molecule has 0 amide bonds. The number of aromatic nitrogens is 3. The molecule has 0 spiro atoms. The molecular weight excluding hydrogens is 682 g/mol. The van der Waals surface area contributed by atoms with Crippen LogP contribution in [-0.2, 0) is 11.9 Å². The number of para-hydroxylation sites is 1. The summed E-state index contributed by atoms with van der Waals surface area (Å²) in [6, 6.07) is 24.3. The van der Waals surface area contributed by atoms with E-state index in [4.69, 9.17) is 0 Å². The second-order valence-electron chi connectivity index (χ2n) is 11.5. The quantitative estimate of drug-likeness (QED) is 0.0985. The number of ether oxygens (including phenoxy) is 1. The van der Waals surface area contributed by atoms with Crippen LogP contribution in [0.1, 0.15) is 42.0 Å². The van der Waals surface area contributed by atoms with Crippen LogP contribution in [0.25, 0.3) is 17.1 Å². The average Bonchev–Trinajstić information content (AvgIpc) is 3.70. The summed E-state index contributed by atoms with van der Waals surface area (Å²) in [6.07, 6.45) is -6.59. The molecule has 258 valence electrons.